The van der Waals surface area contributed by atoms with Crippen molar-refractivity contribution in [1.29, 1.82) is 0 Å². The van der Waals surface area contributed by atoms with Gasteiger partial charge in [0, 0.05) is 37.8 Å². The Bertz CT molecular complexity index is 1190. The highest BCUT2D eigenvalue weighted by Gasteiger charge is 2.10. The number of thiazole rings is 1. The molecule has 0 unspecified atom stereocenters. The van der Waals surface area contributed by atoms with Crippen molar-refractivity contribution in [2.45, 2.75) is 0 Å². The third-order valence-electron chi connectivity index (χ3n) is 4.67. The van der Waals surface area contributed by atoms with Crippen molar-refractivity contribution in [1.82, 2.24) is 4.68 Å². The van der Waals surface area contributed by atoms with Gasteiger partial charge in [-0.15, -0.1) is 11.3 Å². The van der Waals surface area contributed by atoms with Gasteiger partial charge in [0.1, 0.15) is 0 Å². The van der Waals surface area contributed by atoms with Crippen LogP contribution in [0, 0.1) is 0 Å². The molecule has 3 aromatic carbocycles. The fraction of sp³-hybridized carbons (Fsp3) is 0.130. The third kappa shape index (κ3) is 3.49. The van der Waals surface area contributed by atoms with Crippen LogP contribution in [0.1, 0.15) is 5.56 Å². The van der Waals surface area contributed by atoms with Crippen LogP contribution in [0.3, 0.4) is 0 Å². The van der Waals surface area contributed by atoms with Gasteiger partial charge in [0.25, 0.3) is 0 Å². The molecule has 0 aliphatic carbocycles. The van der Waals surface area contributed by atoms with Crippen molar-refractivity contribution in [2.75, 3.05) is 26.0 Å². The van der Waals surface area contributed by atoms with Crippen LogP contribution in [0.2, 0.25) is 0 Å². The zero-order valence-electron chi connectivity index (χ0n) is 16.2. The predicted octanol–water partition coefficient (Wildman–Crippen LogP) is 4.85. The molecule has 0 aliphatic heterocycles. The summed E-state index contributed by atoms with van der Waals surface area (Å²) >= 11 is 1.60. The minimum absolute atomic E-state index is 0.865. The average molecular weight is 387 g/mol. The third-order valence-corrected chi connectivity index (χ3v) is 5.58. The van der Waals surface area contributed by atoms with Crippen LogP contribution in [0.5, 0.6) is 0 Å². The largest absolute Gasteiger partial charge is 0.378 e. The quantitative estimate of drug-likeness (QED) is 0.462. The zero-order valence-corrected chi connectivity index (χ0v) is 17.0. The lowest BCUT2D eigenvalue weighted by Gasteiger charge is -2.11. The van der Waals surface area contributed by atoms with E-state index in [0.717, 1.165) is 21.6 Å². The van der Waals surface area contributed by atoms with Gasteiger partial charge in [0.15, 0.2) is 0 Å². The van der Waals surface area contributed by atoms with E-state index in [-0.39, 0.29) is 0 Å². The molecular weight excluding hydrogens is 364 g/mol. The molecule has 0 saturated carbocycles. The van der Waals surface area contributed by atoms with E-state index in [0.29, 0.717) is 0 Å². The zero-order chi connectivity index (χ0) is 19.5. The molecule has 0 bridgehead atoms. The second-order valence-electron chi connectivity index (χ2n) is 6.70. The van der Waals surface area contributed by atoms with Gasteiger partial charge < -0.3 is 4.90 Å². The molecule has 28 heavy (non-hydrogen) atoms. The lowest BCUT2D eigenvalue weighted by Crippen LogP contribution is -2.11. The number of anilines is 1. The molecule has 0 atom stereocenters. The lowest BCUT2D eigenvalue weighted by molar-refractivity contribution is 0.849. The Morgan fingerprint density at radius 1 is 0.929 bits per heavy atom. The number of aromatic nitrogens is 1. The van der Waals surface area contributed by atoms with Gasteiger partial charge in [-0.1, -0.05) is 54.6 Å². The number of nitrogens with zero attached hydrogens (tertiary/aromatic N) is 4. The van der Waals surface area contributed by atoms with Gasteiger partial charge in [0.05, 0.1) is 11.9 Å². The Labute approximate surface area is 168 Å². The van der Waals surface area contributed by atoms with Crippen molar-refractivity contribution in [3.63, 3.8) is 0 Å². The molecule has 0 aliphatic rings. The Hall–Kier alpha value is -3.18. The van der Waals surface area contributed by atoms with Crippen molar-refractivity contribution in [2.24, 2.45) is 10.1 Å². The molecule has 0 N–H and O–H groups in total. The number of hydrogen-bond acceptors (Lipinski definition) is 4. The van der Waals surface area contributed by atoms with E-state index < -0.39 is 0 Å². The molecule has 0 amide bonds. The highest BCUT2D eigenvalue weighted by Crippen LogP contribution is 2.29. The number of hydrogen-bond donors (Lipinski definition) is 0. The second kappa shape index (κ2) is 7.82. The summed E-state index contributed by atoms with van der Waals surface area (Å²) in [6.45, 7) is 0. The van der Waals surface area contributed by atoms with Crippen LogP contribution < -0.4 is 9.70 Å². The number of rotatable bonds is 4. The van der Waals surface area contributed by atoms with E-state index in [9.17, 15) is 0 Å². The van der Waals surface area contributed by atoms with E-state index in [4.69, 9.17) is 5.10 Å². The maximum atomic E-state index is 4.76. The minimum atomic E-state index is 0.865. The van der Waals surface area contributed by atoms with E-state index in [1.165, 1.54) is 16.5 Å². The molecule has 0 saturated heterocycles. The SMILES string of the molecule is CN=c1scc(-c2cccc3ccccc23)n1N=Cc1ccc(N(C)C)cc1. The fourth-order valence-corrected chi connectivity index (χ4v) is 3.97. The molecule has 0 spiro atoms. The maximum Gasteiger partial charge on any atom is 0.205 e. The maximum absolute atomic E-state index is 4.76. The second-order valence-corrected chi connectivity index (χ2v) is 7.53. The molecule has 5 heteroatoms. The van der Waals surface area contributed by atoms with Gasteiger partial charge in [-0.05, 0) is 28.5 Å². The summed E-state index contributed by atoms with van der Waals surface area (Å²) in [6, 6.07) is 23.1. The number of fused-ring (bicyclic) bond motifs is 1. The van der Waals surface area contributed by atoms with Crippen molar-refractivity contribution < 1.29 is 0 Å². The Balaban J connectivity index is 1.79. The molecule has 4 aromatic rings. The number of benzene rings is 3. The summed E-state index contributed by atoms with van der Waals surface area (Å²) in [4.78, 5) is 7.36. The molecular formula is C23H22N4S. The van der Waals surface area contributed by atoms with E-state index in [1.54, 1.807) is 18.4 Å². The van der Waals surface area contributed by atoms with Crippen LogP contribution in [0.15, 0.2) is 82.2 Å². The lowest BCUT2D eigenvalue weighted by atomic mass is 10.0. The van der Waals surface area contributed by atoms with Crippen LogP contribution >= 0.6 is 11.3 Å². The summed E-state index contributed by atoms with van der Waals surface area (Å²) < 4.78 is 1.92. The summed E-state index contributed by atoms with van der Waals surface area (Å²) in [5.41, 5.74) is 4.42. The van der Waals surface area contributed by atoms with Gasteiger partial charge in [0.2, 0.25) is 4.80 Å². The van der Waals surface area contributed by atoms with Crippen LogP contribution in [0.4, 0.5) is 5.69 Å². The molecule has 0 fully saturated rings. The summed E-state index contributed by atoms with van der Waals surface area (Å²) in [5.74, 6) is 0. The topological polar surface area (TPSA) is 32.9 Å². The normalized spacial score (nSPS) is 12.2. The van der Waals surface area contributed by atoms with Gasteiger partial charge in [-0.2, -0.15) is 5.10 Å². The first-order valence-corrected chi connectivity index (χ1v) is 9.98. The first kappa shape index (κ1) is 18.2. The first-order valence-electron chi connectivity index (χ1n) is 9.10. The monoisotopic (exact) mass is 386 g/mol. The van der Waals surface area contributed by atoms with Gasteiger partial charge in [-0.3, -0.25) is 4.99 Å². The predicted molar refractivity (Wildman–Crippen MR) is 120 cm³/mol. The van der Waals surface area contributed by atoms with E-state index >= 15 is 0 Å². The Kier molecular flexibility index (Phi) is 5.08. The van der Waals surface area contributed by atoms with Crippen LogP contribution in [0.25, 0.3) is 22.0 Å². The van der Waals surface area contributed by atoms with E-state index in [1.807, 2.05) is 25.0 Å². The molecule has 140 valence electrons. The molecule has 1 aromatic heterocycles. The van der Waals surface area contributed by atoms with Crippen molar-refractivity contribution in [3.8, 4) is 11.3 Å². The van der Waals surface area contributed by atoms with E-state index in [2.05, 4.69) is 82.0 Å². The van der Waals surface area contributed by atoms with Crippen LogP contribution in [-0.2, 0) is 0 Å². The summed E-state index contributed by atoms with van der Waals surface area (Å²) in [7, 11) is 5.88. The van der Waals surface area contributed by atoms with Gasteiger partial charge in [-0.25, -0.2) is 4.68 Å². The molecule has 1 heterocycles. The molecule has 4 nitrogen and oxygen atoms in total. The highest BCUT2D eigenvalue weighted by molar-refractivity contribution is 7.07. The molecule has 4 rings (SSSR count). The first-order chi connectivity index (χ1) is 13.7. The average Bonchev–Trinajstić information content (AvgIpc) is 3.14. The molecule has 0 radical (unpaired) electrons. The van der Waals surface area contributed by atoms with Crippen molar-refractivity contribution in [3.05, 3.63) is 82.5 Å². The standard InChI is InChI=1S/C23H22N4S/c1-24-23-27(25-15-17-11-13-19(14-12-17)26(2)3)22(16-28-23)21-10-6-8-18-7-4-5-9-20(18)21/h4-16H,1-3H3. The fourth-order valence-electron chi connectivity index (χ4n) is 3.18. The van der Waals surface area contributed by atoms with Crippen LogP contribution in [-0.4, -0.2) is 32.0 Å². The summed E-state index contributed by atoms with van der Waals surface area (Å²) in [6.07, 6.45) is 1.88. The Morgan fingerprint density at radius 2 is 1.68 bits per heavy atom. The summed E-state index contributed by atoms with van der Waals surface area (Å²) in [5, 5.41) is 9.31. The smallest absolute Gasteiger partial charge is 0.205 e. The van der Waals surface area contributed by atoms with Gasteiger partial charge >= 0.3 is 0 Å². The highest BCUT2D eigenvalue weighted by atomic mass is 32.1. The minimum Gasteiger partial charge on any atom is -0.378 e. The Morgan fingerprint density at radius 3 is 2.43 bits per heavy atom. The van der Waals surface area contributed by atoms with Crippen molar-refractivity contribution >= 4 is 34.0 Å².